The third kappa shape index (κ3) is 4.26. The van der Waals surface area contributed by atoms with Gasteiger partial charge >= 0.3 is 0 Å². The van der Waals surface area contributed by atoms with E-state index in [-0.39, 0.29) is 0 Å². The monoisotopic (exact) mass is 368 g/mol. The number of fused-ring (bicyclic) bond motifs is 1. The van der Waals surface area contributed by atoms with Crippen molar-refractivity contribution in [2.45, 2.75) is 64.1 Å². The predicted octanol–water partition coefficient (Wildman–Crippen LogP) is 2.71. The van der Waals surface area contributed by atoms with Gasteiger partial charge in [-0.05, 0) is 44.7 Å². The van der Waals surface area contributed by atoms with Gasteiger partial charge in [-0.2, -0.15) is 0 Å². The molecule has 2 fully saturated rings. The molecule has 0 bridgehead atoms. The van der Waals surface area contributed by atoms with Gasteiger partial charge in [-0.25, -0.2) is 4.98 Å². The highest BCUT2D eigenvalue weighted by Crippen LogP contribution is 2.26. The van der Waals surface area contributed by atoms with Crippen LogP contribution < -0.4 is 10.6 Å². The Hall–Kier alpha value is -2.08. The minimum Gasteiger partial charge on any atom is -0.354 e. The second-order valence-corrected chi connectivity index (χ2v) is 7.95. The first-order valence-electron chi connectivity index (χ1n) is 10.4. The summed E-state index contributed by atoms with van der Waals surface area (Å²) >= 11 is 0. The molecule has 2 aromatic rings. The van der Waals surface area contributed by atoms with E-state index >= 15 is 0 Å². The number of nitrogens with one attached hydrogen (secondary N) is 2. The Labute approximate surface area is 162 Å². The van der Waals surface area contributed by atoms with Crippen molar-refractivity contribution < 1.29 is 0 Å². The Morgan fingerprint density at radius 1 is 1.19 bits per heavy atom. The van der Waals surface area contributed by atoms with E-state index in [1.165, 1.54) is 57.3 Å². The van der Waals surface area contributed by atoms with Crippen molar-refractivity contribution in [1.29, 1.82) is 0 Å². The molecule has 0 amide bonds. The molecule has 0 aromatic carbocycles. The van der Waals surface area contributed by atoms with Crippen LogP contribution in [0.5, 0.6) is 0 Å². The maximum atomic E-state index is 4.69. The molecule has 146 valence electrons. The van der Waals surface area contributed by atoms with Gasteiger partial charge in [0.05, 0.1) is 12.2 Å². The van der Waals surface area contributed by atoms with Gasteiger partial charge in [0.15, 0.2) is 5.96 Å². The first-order valence-corrected chi connectivity index (χ1v) is 10.4. The highest BCUT2D eigenvalue weighted by atomic mass is 15.2. The third-order valence-electron chi connectivity index (χ3n) is 6.12. The summed E-state index contributed by atoms with van der Waals surface area (Å²) in [5.41, 5.74) is 3.22. The quantitative estimate of drug-likeness (QED) is 0.644. The molecule has 3 heterocycles. The summed E-state index contributed by atoms with van der Waals surface area (Å²) in [7, 11) is 1.84. The van der Waals surface area contributed by atoms with Gasteiger partial charge in [0.25, 0.3) is 0 Å². The SMILES string of the molecule is CN=C(NCc1cn2c(C)cccc2n1)NC1CCN(C2CCCC2)CC1. The molecule has 27 heavy (non-hydrogen) atoms. The highest BCUT2D eigenvalue weighted by Gasteiger charge is 2.27. The summed E-state index contributed by atoms with van der Waals surface area (Å²) in [5.74, 6) is 0.878. The number of likely N-dealkylation sites (tertiary alicyclic amines) is 1. The lowest BCUT2D eigenvalue weighted by molar-refractivity contribution is 0.150. The fourth-order valence-electron chi connectivity index (χ4n) is 4.52. The minimum atomic E-state index is 0.511. The van der Waals surface area contributed by atoms with E-state index in [2.05, 4.69) is 44.1 Å². The molecule has 1 saturated carbocycles. The van der Waals surface area contributed by atoms with Gasteiger partial charge in [0, 0.05) is 44.1 Å². The zero-order chi connectivity index (χ0) is 18.6. The van der Waals surface area contributed by atoms with E-state index < -0.39 is 0 Å². The number of aryl methyl sites for hydroxylation is 1. The molecule has 2 N–H and O–H groups in total. The molecule has 6 heteroatoms. The van der Waals surface area contributed by atoms with Crippen molar-refractivity contribution in [2.75, 3.05) is 20.1 Å². The fourth-order valence-corrected chi connectivity index (χ4v) is 4.52. The number of aliphatic imine (C=N–C) groups is 1. The van der Waals surface area contributed by atoms with E-state index in [1.54, 1.807) is 0 Å². The standard InChI is InChI=1S/C21H32N6/c1-16-6-5-9-20-24-18(15-27(16)20)14-23-21(22-2)25-17-10-12-26(13-11-17)19-7-3-4-8-19/h5-6,9,15,17,19H,3-4,7-8,10-14H2,1-2H3,(H2,22,23,25). The number of imidazole rings is 1. The summed E-state index contributed by atoms with van der Waals surface area (Å²) in [6.45, 7) is 5.21. The first-order chi connectivity index (χ1) is 13.2. The van der Waals surface area contributed by atoms with Crippen LogP contribution in [0.3, 0.4) is 0 Å². The van der Waals surface area contributed by atoms with Gasteiger partial charge in [0.2, 0.25) is 0 Å². The summed E-state index contributed by atoms with van der Waals surface area (Å²) in [6.07, 6.45) is 10.1. The Bertz CT molecular complexity index is 781. The van der Waals surface area contributed by atoms with E-state index in [4.69, 9.17) is 4.98 Å². The number of guanidine groups is 1. The Kier molecular flexibility index (Phi) is 5.62. The number of hydrogen-bond donors (Lipinski definition) is 2. The maximum absolute atomic E-state index is 4.69. The summed E-state index contributed by atoms with van der Waals surface area (Å²) in [5, 5.41) is 7.04. The van der Waals surface area contributed by atoms with E-state index in [0.717, 1.165) is 23.3 Å². The predicted molar refractivity (Wildman–Crippen MR) is 110 cm³/mol. The topological polar surface area (TPSA) is 57.0 Å². The molecular formula is C21H32N6. The zero-order valence-corrected chi connectivity index (χ0v) is 16.6. The molecule has 1 aliphatic heterocycles. The molecule has 1 saturated heterocycles. The van der Waals surface area contributed by atoms with Crippen LogP contribution in [0.1, 0.15) is 49.9 Å². The Morgan fingerprint density at radius 2 is 1.96 bits per heavy atom. The van der Waals surface area contributed by atoms with Gasteiger partial charge in [-0.1, -0.05) is 18.9 Å². The second-order valence-electron chi connectivity index (χ2n) is 7.95. The van der Waals surface area contributed by atoms with Crippen molar-refractivity contribution in [3.05, 3.63) is 35.8 Å². The average Bonchev–Trinajstić information content (AvgIpc) is 3.36. The number of rotatable bonds is 4. The fraction of sp³-hybridized carbons (Fsp3) is 0.619. The number of nitrogens with zero attached hydrogens (tertiary/aromatic N) is 4. The van der Waals surface area contributed by atoms with Crippen LogP contribution in [-0.2, 0) is 6.54 Å². The van der Waals surface area contributed by atoms with Crippen molar-refractivity contribution in [1.82, 2.24) is 24.9 Å². The van der Waals surface area contributed by atoms with Crippen LogP contribution in [0, 0.1) is 6.92 Å². The number of pyridine rings is 1. The van der Waals surface area contributed by atoms with Gasteiger partial charge < -0.3 is 19.9 Å². The normalized spacial score (nSPS) is 20.4. The lowest BCUT2D eigenvalue weighted by atomic mass is 10.0. The average molecular weight is 369 g/mol. The molecule has 0 radical (unpaired) electrons. The maximum Gasteiger partial charge on any atom is 0.191 e. The van der Waals surface area contributed by atoms with Crippen molar-refractivity contribution in [3.8, 4) is 0 Å². The number of piperidine rings is 1. The van der Waals surface area contributed by atoms with Crippen LogP contribution in [0.25, 0.3) is 5.65 Å². The molecular weight excluding hydrogens is 336 g/mol. The minimum absolute atomic E-state index is 0.511. The third-order valence-corrected chi connectivity index (χ3v) is 6.12. The van der Waals surface area contributed by atoms with Crippen LogP contribution in [0.15, 0.2) is 29.4 Å². The molecule has 4 rings (SSSR count). The molecule has 0 atom stereocenters. The summed E-state index contributed by atoms with van der Waals surface area (Å²) in [6, 6.07) is 7.55. The Balaban J connectivity index is 1.27. The van der Waals surface area contributed by atoms with E-state index in [1.807, 2.05) is 19.2 Å². The molecule has 0 spiro atoms. The molecule has 2 aromatic heterocycles. The first kappa shape index (κ1) is 18.3. The smallest absolute Gasteiger partial charge is 0.191 e. The van der Waals surface area contributed by atoms with Gasteiger partial charge in [0.1, 0.15) is 5.65 Å². The summed E-state index contributed by atoms with van der Waals surface area (Å²) < 4.78 is 2.13. The molecule has 0 unspecified atom stereocenters. The zero-order valence-electron chi connectivity index (χ0n) is 16.6. The van der Waals surface area contributed by atoms with Gasteiger partial charge in [-0.15, -0.1) is 0 Å². The lowest BCUT2D eigenvalue weighted by Crippen LogP contribution is -2.50. The number of hydrogen-bond acceptors (Lipinski definition) is 3. The second kappa shape index (κ2) is 8.30. The molecule has 2 aliphatic rings. The summed E-state index contributed by atoms with van der Waals surface area (Å²) in [4.78, 5) is 11.8. The lowest BCUT2D eigenvalue weighted by Gasteiger charge is -2.36. The van der Waals surface area contributed by atoms with Crippen LogP contribution in [0.4, 0.5) is 0 Å². The van der Waals surface area contributed by atoms with Crippen molar-refractivity contribution in [3.63, 3.8) is 0 Å². The van der Waals surface area contributed by atoms with Crippen molar-refractivity contribution in [2.24, 2.45) is 4.99 Å². The van der Waals surface area contributed by atoms with E-state index in [0.29, 0.717) is 12.6 Å². The largest absolute Gasteiger partial charge is 0.354 e. The number of aromatic nitrogens is 2. The van der Waals surface area contributed by atoms with Crippen LogP contribution in [0.2, 0.25) is 0 Å². The van der Waals surface area contributed by atoms with Crippen molar-refractivity contribution >= 4 is 11.6 Å². The van der Waals surface area contributed by atoms with Crippen LogP contribution in [-0.4, -0.2) is 52.5 Å². The van der Waals surface area contributed by atoms with E-state index in [9.17, 15) is 0 Å². The van der Waals surface area contributed by atoms with Crippen LogP contribution >= 0.6 is 0 Å². The molecule has 6 nitrogen and oxygen atoms in total. The highest BCUT2D eigenvalue weighted by molar-refractivity contribution is 5.79. The van der Waals surface area contributed by atoms with Gasteiger partial charge in [-0.3, -0.25) is 4.99 Å². The Morgan fingerprint density at radius 3 is 2.67 bits per heavy atom. The molecule has 1 aliphatic carbocycles.